The van der Waals surface area contributed by atoms with Crippen LogP contribution in [0.25, 0.3) is 0 Å². The molecular weight excluding hydrogens is 391 g/mol. The number of hydrogen-bond donors (Lipinski definition) is 1. The first-order valence-electron chi connectivity index (χ1n) is 8.45. The number of carbonyl (C=O) groups excluding carboxylic acids is 1. The predicted molar refractivity (Wildman–Crippen MR) is 103 cm³/mol. The van der Waals surface area contributed by atoms with Crippen molar-refractivity contribution in [3.05, 3.63) is 58.6 Å². The van der Waals surface area contributed by atoms with Gasteiger partial charge in [-0.3, -0.25) is 4.79 Å². The molecule has 0 radical (unpaired) electrons. The molecule has 1 saturated heterocycles. The van der Waals surface area contributed by atoms with E-state index >= 15 is 0 Å². The number of anilines is 1. The molecule has 0 bridgehead atoms. The van der Waals surface area contributed by atoms with Crippen LogP contribution in [0.1, 0.15) is 12.8 Å². The smallest absolute Gasteiger partial charge is 0.407 e. The highest BCUT2D eigenvalue weighted by atomic mass is 35.5. The number of hydrogen-bond acceptors (Lipinski definition) is 3. The predicted octanol–water partition coefficient (Wildman–Crippen LogP) is 4.71. The average Bonchev–Trinajstić information content (AvgIpc) is 2.67. The number of likely N-dealkylation sites (tertiary alicyclic amines) is 1. The van der Waals surface area contributed by atoms with E-state index < -0.39 is 6.09 Å². The largest absolute Gasteiger partial charge is 0.465 e. The lowest BCUT2D eigenvalue weighted by atomic mass is 9.96. The van der Waals surface area contributed by atoms with Crippen molar-refractivity contribution < 1.29 is 19.5 Å². The number of carboxylic acid groups (broad SMARTS) is 1. The Balaban J connectivity index is 1.82. The minimum atomic E-state index is -0.968. The molecule has 6 nitrogen and oxygen atoms in total. The molecule has 2 aromatic rings. The number of para-hydroxylation sites is 1. The van der Waals surface area contributed by atoms with Gasteiger partial charge in [-0.1, -0.05) is 41.4 Å². The fourth-order valence-corrected chi connectivity index (χ4v) is 3.36. The summed E-state index contributed by atoms with van der Waals surface area (Å²) in [7, 11) is 0. The summed E-state index contributed by atoms with van der Waals surface area (Å²) in [5, 5.41) is 11.0. The summed E-state index contributed by atoms with van der Waals surface area (Å²) in [4.78, 5) is 31.3. The standard InChI is InChI=1S/C19H18Cl2N2O4/c20-14-6-7-17(16(21)12-14)27-23(15-4-2-1-3-5-15)18(24)13-8-10-22(11-9-13)19(25)26/h1-7,12-13H,8-11H2,(H,25,26). The fraction of sp³-hybridized carbons (Fsp3) is 0.263. The van der Waals surface area contributed by atoms with Crippen LogP contribution in [0.2, 0.25) is 10.0 Å². The fourth-order valence-electron chi connectivity index (χ4n) is 2.92. The number of halogens is 2. The zero-order valence-electron chi connectivity index (χ0n) is 14.3. The Labute approximate surface area is 166 Å². The molecule has 0 saturated carbocycles. The average molecular weight is 409 g/mol. The summed E-state index contributed by atoms with van der Waals surface area (Å²) in [5.74, 6) is -0.273. The van der Waals surface area contributed by atoms with E-state index in [0.717, 1.165) is 0 Å². The van der Waals surface area contributed by atoms with Gasteiger partial charge in [0.05, 0.1) is 10.7 Å². The van der Waals surface area contributed by atoms with Crippen LogP contribution in [0.5, 0.6) is 5.75 Å². The van der Waals surface area contributed by atoms with E-state index in [1.807, 2.05) is 6.07 Å². The number of rotatable bonds is 4. The molecule has 2 amide bonds. The summed E-state index contributed by atoms with van der Waals surface area (Å²) < 4.78 is 0. The van der Waals surface area contributed by atoms with Crippen LogP contribution in [0.3, 0.4) is 0 Å². The van der Waals surface area contributed by atoms with Crippen molar-refractivity contribution in [2.45, 2.75) is 12.8 Å². The van der Waals surface area contributed by atoms with Crippen molar-refractivity contribution in [1.29, 1.82) is 0 Å². The number of benzene rings is 2. The molecule has 0 atom stereocenters. The van der Waals surface area contributed by atoms with Gasteiger partial charge < -0.3 is 14.8 Å². The van der Waals surface area contributed by atoms with E-state index in [0.29, 0.717) is 42.4 Å². The SMILES string of the molecule is O=C(O)N1CCC(C(=O)N(Oc2ccc(Cl)cc2Cl)c2ccccc2)CC1. The summed E-state index contributed by atoms with van der Waals surface area (Å²) in [6.45, 7) is 0.631. The zero-order valence-corrected chi connectivity index (χ0v) is 15.9. The second-order valence-electron chi connectivity index (χ2n) is 6.18. The molecule has 0 aliphatic carbocycles. The zero-order chi connectivity index (χ0) is 19.4. The molecule has 1 heterocycles. The molecule has 2 aromatic carbocycles. The highest BCUT2D eigenvalue weighted by Gasteiger charge is 2.32. The van der Waals surface area contributed by atoms with Crippen molar-refractivity contribution in [2.24, 2.45) is 5.92 Å². The normalized spacial score (nSPS) is 14.7. The van der Waals surface area contributed by atoms with Gasteiger partial charge in [0.25, 0.3) is 5.91 Å². The maximum atomic E-state index is 13.1. The molecule has 27 heavy (non-hydrogen) atoms. The summed E-state index contributed by atoms with van der Waals surface area (Å²) in [5.41, 5.74) is 0.564. The van der Waals surface area contributed by atoms with Crippen molar-refractivity contribution in [1.82, 2.24) is 4.90 Å². The van der Waals surface area contributed by atoms with Crippen molar-refractivity contribution in [3.8, 4) is 5.75 Å². The highest BCUT2D eigenvalue weighted by molar-refractivity contribution is 6.35. The van der Waals surface area contributed by atoms with E-state index in [4.69, 9.17) is 33.1 Å². The molecule has 1 N–H and O–H groups in total. The molecule has 0 spiro atoms. The van der Waals surface area contributed by atoms with Crippen molar-refractivity contribution in [3.63, 3.8) is 0 Å². The number of nitrogens with zero attached hydrogens (tertiary/aromatic N) is 2. The second kappa shape index (κ2) is 8.50. The van der Waals surface area contributed by atoms with E-state index in [-0.39, 0.29) is 16.8 Å². The molecule has 0 aromatic heterocycles. The van der Waals surface area contributed by atoms with Crippen molar-refractivity contribution in [2.75, 3.05) is 18.2 Å². The van der Waals surface area contributed by atoms with Crippen molar-refractivity contribution >= 4 is 40.9 Å². The second-order valence-corrected chi connectivity index (χ2v) is 7.02. The summed E-state index contributed by atoms with van der Waals surface area (Å²) in [6.07, 6.45) is -0.0942. The van der Waals surface area contributed by atoms with Crippen LogP contribution in [0.15, 0.2) is 48.5 Å². The van der Waals surface area contributed by atoms with Crippen LogP contribution in [0, 0.1) is 5.92 Å². The minimum Gasteiger partial charge on any atom is -0.465 e. The lowest BCUT2D eigenvalue weighted by Crippen LogP contribution is -2.45. The highest BCUT2D eigenvalue weighted by Crippen LogP contribution is 2.31. The van der Waals surface area contributed by atoms with E-state index in [9.17, 15) is 9.59 Å². The Kier molecular flexibility index (Phi) is 6.08. The quantitative estimate of drug-likeness (QED) is 0.743. The van der Waals surface area contributed by atoms with Gasteiger partial charge in [-0.25, -0.2) is 4.79 Å². The van der Waals surface area contributed by atoms with Gasteiger partial charge in [0.1, 0.15) is 0 Å². The molecule has 3 rings (SSSR count). The van der Waals surface area contributed by atoms with E-state index in [1.54, 1.807) is 36.4 Å². The third-order valence-electron chi connectivity index (χ3n) is 4.39. The first-order chi connectivity index (χ1) is 13.0. The number of carbonyl (C=O) groups is 2. The first kappa shape index (κ1) is 19.3. The minimum absolute atomic E-state index is 0.239. The van der Waals surface area contributed by atoms with Crippen LogP contribution < -0.4 is 9.90 Å². The maximum Gasteiger partial charge on any atom is 0.407 e. The van der Waals surface area contributed by atoms with E-state index in [2.05, 4.69) is 0 Å². The third kappa shape index (κ3) is 4.64. The van der Waals surface area contributed by atoms with E-state index in [1.165, 1.54) is 16.0 Å². The Morgan fingerprint density at radius 1 is 1.07 bits per heavy atom. The van der Waals surface area contributed by atoms with Gasteiger partial charge in [0, 0.05) is 24.0 Å². The monoisotopic (exact) mass is 408 g/mol. The lowest BCUT2D eigenvalue weighted by Gasteiger charge is -2.32. The molecule has 1 aliphatic heterocycles. The Morgan fingerprint density at radius 3 is 2.33 bits per heavy atom. The van der Waals surface area contributed by atoms with Gasteiger partial charge >= 0.3 is 6.09 Å². The summed E-state index contributed by atoms with van der Waals surface area (Å²) >= 11 is 12.1. The first-order valence-corrected chi connectivity index (χ1v) is 9.21. The van der Waals surface area contributed by atoms with Crippen LogP contribution in [0.4, 0.5) is 10.5 Å². The number of hydroxylamine groups is 1. The third-order valence-corrected chi connectivity index (χ3v) is 4.92. The molecule has 8 heteroatoms. The van der Waals surface area contributed by atoms with Gasteiger partial charge in [-0.05, 0) is 43.2 Å². The van der Waals surface area contributed by atoms with Gasteiger partial charge in [-0.15, -0.1) is 5.06 Å². The summed E-state index contributed by atoms with van der Waals surface area (Å²) in [6, 6.07) is 13.7. The molecular formula is C19H18Cl2N2O4. The Bertz CT molecular complexity index is 824. The number of piperidine rings is 1. The van der Waals surface area contributed by atoms with Crippen LogP contribution in [-0.4, -0.2) is 35.1 Å². The topological polar surface area (TPSA) is 70.1 Å². The molecule has 1 fully saturated rings. The van der Waals surface area contributed by atoms with Gasteiger partial charge in [0.2, 0.25) is 0 Å². The lowest BCUT2D eigenvalue weighted by molar-refractivity contribution is -0.128. The molecule has 1 aliphatic rings. The van der Waals surface area contributed by atoms with Crippen LogP contribution in [-0.2, 0) is 4.79 Å². The Hall–Kier alpha value is -2.44. The Morgan fingerprint density at radius 2 is 1.74 bits per heavy atom. The van der Waals surface area contributed by atoms with Gasteiger partial charge in [-0.2, -0.15) is 0 Å². The molecule has 142 valence electrons. The van der Waals surface area contributed by atoms with Crippen LogP contribution >= 0.6 is 23.2 Å². The maximum absolute atomic E-state index is 13.1. The molecule has 0 unspecified atom stereocenters. The van der Waals surface area contributed by atoms with Gasteiger partial charge in [0.15, 0.2) is 5.75 Å². The number of amides is 2.